The summed E-state index contributed by atoms with van der Waals surface area (Å²) in [6.45, 7) is 1.72. The van der Waals surface area contributed by atoms with Crippen LogP contribution < -0.4 is 5.32 Å². The van der Waals surface area contributed by atoms with E-state index in [1.165, 1.54) is 24.4 Å². The number of hydrogen-bond acceptors (Lipinski definition) is 3. The normalized spacial score (nSPS) is 16.6. The zero-order valence-corrected chi connectivity index (χ0v) is 19.8. The Bertz CT molecular complexity index is 1350. The number of nitrogens with zero attached hydrogens (tertiary/aromatic N) is 2. The molecule has 0 saturated heterocycles. The van der Waals surface area contributed by atoms with E-state index < -0.39 is 28.9 Å². The maximum Gasteiger partial charge on any atom is 0.336 e. The smallest absolute Gasteiger partial charge is 0.336 e. The third-order valence-corrected chi connectivity index (χ3v) is 7.41. The number of carbonyl (C=O) groups is 2. The Morgan fingerprint density at radius 3 is 2.57 bits per heavy atom. The second-order valence-corrected chi connectivity index (χ2v) is 9.69. The predicted molar refractivity (Wildman–Crippen MR) is 128 cm³/mol. The van der Waals surface area contributed by atoms with Crippen LogP contribution in [0.4, 0.5) is 14.5 Å². The van der Waals surface area contributed by atoms with E-state index in [0.717, 1.165) is 25.3 Å². The topological polar surface area (TPSA) is 84.2 Å². The summed E-state index contributed by atoms with van der Waals surface area (Å²) in [6.07, 6.45) is 7.28. The number of carbonyl (C=O) groups excluding carboxylic acids is 1. The molecular weight excluding hydrogens is 476 g/mol. The van der Waals surface area contributed by atoms with Gasteiger partial charge in [-0.3, -0.25) is 9.48 Å². The van der Waals surface area contributed by atoms with Gasteiger partial charge in [-0.15, -0.1) is 0 Å². The third-order valence-electron chi connectivity index (χ3n) is 7.17. The van der Waals surface area contributed by atoms with Gasteiger partial charge in [0, 0.05) is 39.2 Å². The molecule has 6 nitrogen and oxygen atoms in total. The summed E-state index contributed by atoms with van der Waals surface area (Å²) in [4.78, 5) is 25.4. The number of carboxylic acids is 1. The van der Waals surface area contributed by atoms with E-state index in [9.17, 15) is 19.1 Å². The lowest BCUT2D eigenvalue weighted by molar-refractivity contribution is -0.118. The Morgan fingerprint density at radius 2 is 2.00 bits per heavy atom. The van der Waals surface area contributed by atoms with Crippen LogP contribution in [0.5, 0.6) is 0 Å². The first kappa shape index (κ1) is 23.5. The Hall–Kier alpha value is -3.26. The van der Waals surface area contributed by atoms with Gasteiger partial charge in [-0.2, -0.15) is 5.10 Å². The van der Waals surface area contributed by atoms with Crippen LogP contribution in [0.25, 0.3) is 11.1 Å². The fraction of sp³-hybridized carbons (Fsp3) is 0.346. The summed E-state index contributed by atoms with van der Waals surface area (Å²) in [7, 11) is 0. The lowest BCUT2D eigenvalue weighted by Gasteiger charge is -2.25. The van der Waals surface area contributed by atoms with Crippen LogP contribution in [-0.4, -0.2) is 26.8 Å². The van der Waals surface area contributed by atoms with Gasteiger partial charge in [0.2, 0.25) is 5.91 Å². The van der Waals surface area contributed by atoms with Crippen molar-refractivity contribution < 1.29 is 23.5 Å². The van der Waals surface area contributed by atoms with Crippen molar-refractivity contribution >= 4 is 29.2 Å². The molecule has 0 radical (unpaired) electrons. The van der Waals surface area contributed by atoms with E-state index in [1.54, 1.807) is 17.8 Å². The predicted octanol–water partition coefficient (Wildman–Crippen LogP) is 6.14. The first-order chi connectivity index (χ1) is 16.7. The minimum Gasteiger partial charge on any atom is -0.478 e. The van der Waals surface area contributed by atoms with E-state index in [4.69, 9.17) is 11.6 Å². The van der Waals surface area contributed by atoms with Crippen molar-refractivity contribution in [2.75, 3.05) is 5.32 Å². The van der Waals surface area contributed by atoms with Gasteiger partial charge in [-0.05, 0) is 56.7 Å². The van der Waals surface area contributed by atoms with Crippen LogP contribution in [0.2, 0.25) is 5.02 Å². The molecule has 5 rings (SSSR count). The molecule has 2 fully saturated rings. The second-order valence-electron chi connectivity index (χ2n) is 9.25. The summed E-state index contributed by atoms with van der Waals surface area (Å²) in [6, 6.07) is 5.68. The molecule has 2 aliphatic rings. The van der Waals surface area contributed by atoms with Crippen molar-refractivity contribution in [3.8, 4) is 11.1 Å². The molecule has 182 valence electrons. The highest BCUT2D eigenvalue weighted by Crippen LogP contribution is 2.50. The zero-order chi connectivity index (χ0) is 24.9. The lowest BCUT2D eigenvalue weighted by Crippen LogP contribution is -2.29. The minimum absolute atomic E-state index is 0.0530. The number of halogens is 3. The maximum atomic E-state index is 15.8. The van der Waals surface area contributed by atoms with Crippen molar-refractivity contribution in [1.82, 2.24) is 9.78 Å². The Balaban J connectivity index is 1.53. The quantitative estimate of drug-likeness (QED) is 0.409. The van der Waals surface area contributed by atoms with Crippen molar-refractivity contribution in [2.24, 2.45) is 0 Å². The molecule has 0 spiro atoms. The first-order valence-electron chi connectivity index (χ1n) is 11.7. The van der Waals surface area contributed by atoms with Crippen molar-refractivity contribution in [2.45, 2.75) is 56.9 Å². The first-order valence-corrected chi connectivity index (χ1v) is 12.0. The molecule has 2 saturated carbocycles. The molecular formula is C26H24ClF2N3O3. The number of aromatic nitrogens is 2. The average molecular weight is 500 g/mol. The van der Waals surface area contributed by atoms with Crippen LogP contribution in [0.3, 0.4) is 0 Å². The molecule has 0 aliphatic heterocycles. The Morgan fingerprint density at radius 1 is 1.26 bits per heavy atom. The van der Waals surface area contributed by atoms with Crippen LogP contribution in [0, 0.1) is 11.6 Å². The third kappa shape index (κ3) is 3.99. The van der Waals surface area contributed by atoms with Gasteiger partial charge in [-0.25, -0.2) is 13.6 Å². The molecule has 9 heteroatoms. The second kappa shape index (κ2) is 8.75. The van der Waals surface area contributed by atoms with Gasteiger partial charge in [0.25, 0.3) is 0 Å². The summed E-state index contributed by atoms with van der Waals surface area (Å²) in [5.41, 5.74) is -0.571. The number of anilines is 1. The summed E-state index contributed by atoms with van der Waals surface area (Å²) in [5, 5.41) is 17.1. The molecule has 35 heavy (non-hydrogen) atoms. The van der Waals surface area contributed by atoms with Gasteiger partial charge in [0.1, 0.15) is 11.6 Å². The molecule has 0 atom stereocenters. The lowest BCUT2D eigenvalue weighted by atomic mass is 9.92. The maximum absolute atomic E-state index is 15.8. The fourth-order valence-corrected chi connectivity index (χ4v) is 4.94. The highest BCUT2D eigenvalue weighted by atomic mass is 35.5. The number of rotatable bonds is 7. The molecule has 1 amide bonds. The number of amides is 1. The monoisotopic (exact) mass is 499 g/mol. The van der Waals surface area contributed by atoms with Gasteiger partial charge in [0.05, 0.1) is 23.2 Å². The SMILES string of the molecule is CCc1c(NC(=O)C2(c3ccc(Cl)cc3F)CC2)cc(C(=O)O)c(-c2cnn(C3CCC3)c2)c1F. The molecule has 2 aliphatic carbocycles. The minimum atomic E-state index is -1.32. The highest BCUT2D eigenvalue weighted by molar-refractivity contribution is 6.30. The fourth-order valence-electron chi connectivity index (χ4n) is 4.78. The van der Waals surface area contributed by atoms with E-state index in [-0.39, 0.29) is 45.4 Å². The standard InChI is InChI=1S/C26H24ClF2N3O3/c1-2-17-21(31-25(35)26(8-9-26)19-7-6-15(27)10-20(19)28)11-18(24(33)34)22(23(17)29)14-12-30-32(13-14)16-4-3-5-16/h6-7,10-13,16H,2-5,8-9H2,1H3,(H,31,35)(H,33,34). The van der Waals surface area contributed by atoms with Crippen LogP contribution in [-0.2, 0) is 16.6 Å². The molecule has 3 aromatic rings. The van der Waals surface area contributed by atoms with Crippen LogP contribution in [0.1, 0.15) is 66.6 Å². The van der Waals surface area contributed by atoms with Crippen molar-refractivity contribution in [3.05, 3.63) is 70.0 Å². The van der Waals surface area contributed by atoms with Gasteiger partial charge in [0.15, 0.2) is 0 Å². The number of aromatic carboxylic acids is 1. The van der Waals surface area contributed by atoms with Crippen LogP contribution in [0.15, 0.2) is 36.7 Å². The zero-order valence-electron chi connectivity index (χ0n) is 19.1. The van der Waals surface area contributed by atoms with Gasteiger partial charge >= 0.3 is 5.97 Å². The molecule has 0 bridgehead atoms. The number of hydrogen-bond donors (Lipinski definition) is 2. The molecule has 2 N–H and O–H groups in total. The summed E-state index contributed by atoms with van der Waals surface area (Å²) < 4.78 is 32.2. The average Bonchev–Trinajstić information content (AvgIpc) is 3.44. The van der Waals surface area contributed by atoms with E-state index in [2.05, 4.69) is 10.4 Å². The largest absolute Gasteiger partial charge is 0.478 e. The van der Waals surface area contributed by atoms with Crippen LogP contribution >= 0.6 is 11.6 Å². The number of nitrogens with one attached hydrogen (secondary N) is 1. The van der Waals surface area contributed by atoms with Gasteiger partial charge < -0.3 is 10.4 Å². The Labute approximate surface area is 205 Å². The van der Waals surface area contributed by atoms with Crippen molar-refractivity contribution in [3.63, 3.8) is 0 Å². The Kier molecular flexibility index (Phi) is 5.87. The molecule has 1 heterocycles. The molecule has 2 aromatic carbocycles. The van der Waals surface area contributed by atoms with E-state index in [1.807, 2.05) is 0 Å². The molecule has 1 aromatic heterocycles. The molecule has 0 unspecified atom stereocenters. The highest BCUT2D eigenvalue weighted by Gasteiger charge is 2.53. The van der Waals surface area contributed by atoms with E-state index in [0.29, 0.717) is 18.4 Å². The number of benzene rings is 2. The summed E-state index contributed by atoms with van der Waals surface area (Å²) in [5.74, 6) is -3.12. The van der Waals surface area contributed by atoms with Crippen molar-refractivity contribution in [1.29, 1.82) is 0 Å². The van der Waals surface area contributed by atoms with E-state index >= 15 is 4.39 Å². The summed E-state index contributed by atoms with van der Waals surface area (Å²) >= 11 is 5.85. The van der Waals surface area contributed by atoms with Gasteiger partial charge in [-0.1, -0.05) is 24.6 Å². The number of carboxylic acid groups (broad SMARTS) is 1.